The average Bonchev–Trinajstić information content (AvgIpc) is 2.59. The Kier molecular flexibility index (Phi) is 4.57. The zero-order valence-corrected chi connectivity index (χ0v) is 12.8. The van der Waals surface area contributed by atoms with Crippen molar-refractivity contribution in [2.24, 2.45) is 0 Å². The van der Waals surface area contributed by atoms with E-state index in [2.05, 4.69) is 0 Å². The Labute approximate surface area is 135 Å². The molecule has 0 amide bonds. The topological polar surface area (TPSA) is 18.5 Å². The Morgan fingerprint density at radius 2 is 1.52 bits per heavy atom. The molecule has 0 aliphatic carbocycles. The fraction of sp³-hybridized carbons (Fsp3) is 0.100. The lowest BCUT2D eigenvalue weighted by Gasteiger charge is -2.13. The SMILES string of the molecule is CCOc1ccc(-c2cccc(F)c2Oc2ccccc2)cc1. The molecule has 0 bridgehead atoms. The Morgan fingerprint density at radius 1 is 0.783 bits per heavy atom. The molecule has 3 heteroatoms. The van der Waals surface area contributed by atoms with Gasteiger partial charge in [-0.25, -0.2) is 4.39 Å². The maximum Gasteiger partial charge on any atom is 0.170 e. The van der Waals surface area contributed by atoms with E-state index in [0.29, 0.717) is 17.9 Å². The van der Waals surface area contributed by atoms with Crippen LogP contribution in [0.5, 0.6) is 17.2 Å². The predicted octanol–water partition coefficient (Wildman–Crippen LogP) is 5.68. The Morgan fingerprint density at radius 3 is 2.22 bits per heavy atom. The van der Waals surface area contributed by atoms with E-state index < -0.39 is 0 Å². The second-order valence-corrected chi connectivity index (χ2v) is 4.99. The number of benzene rings is 3. The number of rotatable bonds is 5. The Hall–Kier alpha value is -2.81. The largest absolute Gasteiger partial charge is 0.494 e. The number of hydrogen-bond acceptors (Lipinski definition) is 2. The quantitative estimate of drug-likeness (QED) is 0.603. The molecule has 0 aromatic heterocycles. The molecule has 0 aliphatic rings. The predicted molar refractivity (Wildman–Crippen MR) is 89.5 cm³/mol. The lowest BCUT2D eigenvalue weighted by molar-refractivity contribution is 0.340. The van der Waals surface area contributed by atoms with Crippen LogP contribution in [0.2, 0.25) is 0 Å². The lowest BCUT2D eigenvalue weighted by Crippen LogP contribution is -1.93. The highest BCUT2D eigenvalue weighted by Gasteiger charge is 2.13. The molecule has 116 valence electrons. The summed E-state index contributed by atoms with van der Waals surface area (Å²) in [6.45, 7) is 2.55. The van der Waals surface area contributed by atoms with Crippen LogP contribution >= 0.6 is 0 Å². The summed E-state index contributed by atoms with van der Waals surface area (Å²) < 4.78 is 25.5. The molecule has 2 nitrogen and oxygen atoms in total. The molecule has 23 heavy (non-hydrogen) atoms. The zero-order valence-electron chi connectivity index (χ0n) is 12.8. The lowest BCUT2D eigenvalue weighted by atomic mass is 10.0. The van der Waals surface area contributed by atoms with Crippen LogP contribution < -0.4 is 9.47 Å². The molecule has 0 saturated carbocycles. The second kappa shape index (κ2) is 6.97. The third kappa shape index (κ3) is 3.51. The van der Waals surface area contributed by atoms with Crippen LogP contribution in [0.3, 0.4) is 0 Å². The summed E-state index contributed by atoms with van der Waals surface area (Å²) in [6.07, 6.45) is 0. The average molecular weight is 308 g/mol. The minimum Gasteiger partial charge on any atom is -0.494 e. The first kappa shape index (κ1) is 15.1. The molecule has 0 saturated heterocycles. The maximum atomic E-state index is 14.3. The minimum atomic E-state index is -0.389. The van der Waals surface area contributed by atoms with E-state index in [4.69, 9.17) is 9.47 Å². The van der Waals surface area contributed by atoms with Crippen molar-refractivity contribution in [2.75, 3.05) is 6.61 Å². The van der Waals surface area contributed by atoms with Gasteiger partial charge >= 0.3 is 0 Å². The second-order valence-electron chi connectivity index (χ2n) is 4.99. The van der Waals surface area contributed by atoms with Crippen molar-refractivity contribution in [3.8, 4) is 28.4 Å². The molecular formula is C20H17FO2. The van der Waals surface area contributed by atoms with E-state index in [1.807, 2.05) is 55.5 Å². The van der Waals surface area contributed by atoms with E-state index in [0.717, 1.165) is 11.3 Å². The molecule has 0 N–H and O–H groups in total. The molecule has 0 aliphatic heterocycles. The molecule has 0 fully saturated rings. The van der Waals surface area contributed by atoms with E-state index in [1.54, 1.807) is 18.2 Å². The first-order valence-electron chi connectivity index (χ1n) is 7.52. The third-order valence-corrected chi connectivity index (χ3v) is 3.41. The van der Waals surface area contributed by atoms with Crippen LogP contribution in [0.25, 0.3) is 11.1 Å². The third-order valence-electron chi connectivity index (χ3n) is 3.41. The normalized spacial score (nSPS) is 10.3. The van der Waals surface area contributed by atoms with Crippen LogP contribution in [0.15, 0.2) is 72.8 Å². The summed E-state index contributed by atoms with van der Waals surface area (Å²) in [6, 6.07) is 21.7. The molecule has 3 aromatic carbocycles. The van der Waals surface area contributed by atoms with Gasteiger partial charge < -0.3 is 9.47 Å². The van der Waals surface area contributed by atoms with Crippen molar-refractivity contribution in [1.29, 1.82) is 0 Å². The van der Waals surface area contributed by atoms with Crippen LogP contribution in [0, 0.1) is 5.82 Å². The standard InChI is InChI=1S/C20H17FO2/c1-2-22-16-13-11-15(12-14-16)18-9-6-10-19(21)20(18)23-17-7-4-3-5-8-17/h3-14H,2H2,1H3. The van der Waals surface area contributed by atoms with Crippen LogP contribution in [-0.4, -0.2) is 6.61 Å². The minimum absolute atomic E-state index is 0.225. The van der Waals surface area contributed by atoms with Gasteiger partial charge in [0.1, 0.15) is 11.5 Å². The summed E-state index contributed by atoms with van der Waals surface area (Å²) in [5.74, 6) is 1.23. The van der Waals surface area contributed by atoms with Crippen molar-refractivity contribution < 1.29 is 13.9 Å². The van der Waals surface area contributed by atoms with Crippen molar-refractivity contribution >= 4 is 0 Å². The summed E-state index contributed by atoms with van der Waals surface area (Å²) in [5.41, 5.74) is 1.58. The molecular weight excluding hydrogens is 291 g/mol. The summed E-state index contributed by atoms with van der Waals surface area (Å²) in [7, 11) is 0. The van der Waals surface area contributed by atoms with E-state index >= 15 is 0 Å². The molecule has 3 rings (SSSR count). The van der Waals surface area contributed by atoms with Gasteiger partial charge in [0.2, 0.25) is 0 Å². The number of ether oxygens (including phenoxy) is 2. The van der Waals surface area contributed by atoms with Crippen molar-refractivity contribution in [3.05, 3.63) is 78.6 Å². The fourth-order valence-corrected chi connectivity index (χ4v) is 2.34. The van der Waals surface area contributed by atoms with Gasteiger partial charge in [-0.05, 0) is 42.8 Å². The maximum absolute atomic E-state index is 14.3. The van der Waals surface area contributed by atoms with Crippen molar-refractivity contribution in [3.63, 3.8) is 0 Å². The Balaban J connectivity index is 1.97. The van der Waals surface area contributed by atoms with E-state index in [9.17, 15) is 4.39 Å². The van der Waals surface area contributed by atoms with Crippen LogP contribution in [0.1, 0.15) is 6.92 Å². The number of hydrogen-bond donors (Lipinski definition) is 0. The molecule has 3 aromatic rings. The Bertz CT molecular complexity index is 767. The highest BCUT2D eigenvalue weighted by Crippen LogP contribution is 2.36. The first-order chi connectivity index (χ1) is 11.3. The smallest absolute Gasteiger partial charge is 0.170 e. The summed E-state index contributed by atoms with van der Waals surface area (Å²) >= 11 is 0. The summed E-state index contributed by atoms with van der Waals surface area (Å²) in [4.78, 5) is 0. The van der Waals surface area contributed by atoms with Gasteiger partial charge in [-0.3, -0.25) is 0 Å². The number of halogens is 1. The molecule has 0 heterocycles. The zero-order chi connectivity index (χ0) is 16.1. The number of para-hydroxylation sites is 2. The van der Waals surface area contributed by atoms with Crippen molar-refractivity contribution in [2.45, 2.75) is 6.92 Å². The molecule has 0 spiro atoms. The molecule has 0 radical (unpaired) electrons. The van der Waals surface area contributed by atoms with Gasteiger partial charge in [0, 0.05) is 5.56 Å². The highest BCUT2D eigenvalue weighted by molar-refractivity contribution is 5.71. The van der Waals surface area contributed by atoms with Crippen LogP contribution in [-0.2, 0) is 0 Å². The van der Waals surface area contributed by atoms with Gasteiger partial charge in [0.25, 0.3) is 0 Å². The monoisotopic (exact) mass is 308 g/mol. The molecule has 0 atom stereocenters. The van der Waals surface area contributed by atoms with Crippen LogP contribution in [0.4, 0.5) is 4.39 Å². The van der Waals surface area contributed by atoms with E-state index in [1.165, 1.54) is 6.07 Å². The van der Waals surface area contributed by atoms with Gasteiger partial charge in [-0.1, -0.05) is 42.5 Å². The van der Waals surface area contributed by atoms with Crippen molar-refractivity contribution in [1.82, 2.24) is 0 Å². The molecule has 0 unspecified atom stereocenters. The van der Waals surface area contributed by atoms with Gasteiger partial charge in [0.05, 0.1) is 6.61 Å². The highest BCUT2D eigenvalue weighted by atomic mass is 19.1. The van der Waals surface area contributed by atoms with Gasteiger partial charge in [-0.2, -0.15) is 0 Å². The van der Waals surface area contributed by atoms with Gasteiger partial charge in [-0.15, -0.1) is 0 Å². The summed E-state index contributed by atoms with van der Waals surface area (Å²) in [5, 5.41) is 0. The first-order valence-corrected chi connectivity index (χ1v) is 7.52. The van der Waals surface area contributed by atoms with Gasteiger partial charge in [0.15, 0.2) is 11.6 Å². The fourth-order valence-electron chi connectivity index (χ4n) is 2.34. The van der Waals surface area contributed by atoms with E-state index in [-0.39, 0.29) is 11.6 Å².